The van der Waals surface area contributed by atoms with Gasteiger partial charge in [0.1, 0.15) is 6.04 Å². The fraction of sp³-hybridized carbons (Fsp3) is 0.350. The summed E-state index contributed by atoms with van der Waals surface area (Å²) >= 11 is 0. The van der Waals surface area contributed by atoms with Crippen molar-refractivity contribution >= 4 is 0 Å². The van der Waals surface area contributed by atoms with Crippen LogP contribution in [0.25, 0.3) is 0 Å². The van der Waals surface area contributed by atoms with Crippen molar-refractivity contribution in [3.8, 4) is 0 Å². The molecule has 0 N–H and O–H groups in total. The van der Waals surface area contributed by atoms with Gasteiger partial charge in [0, 0.05) is 0 Å². The van der Waals surface area contributed by atoms with Gasteiger partial charge in [-0.05, 0) is 49.0 Å². The topological polar surface area (TPSA) is 46.8 Å². The Labute approximate surface area is 149 Å². The number of hydrogen-bond acceptors (Lipinski definition) is 4. The number of rotatable bonds is 6. The van der Waals surface area contributed by atoms with E-state index in [4.69, 9.17) is 0 Å². The summed E-state index contributed by atoms with van der Waals surface area (Å²) < 4.78 is 1.97. The molecule has 0 bridgehead atoms. The number of hydrogen-bond donors (Lipinski definition) is 0. The highest BCUT2D eigenvalue weighted by Gasteiger charge is 2.35. The quantitative estimate of drug-likeness (QED) is 0.692. The van der Waals surface area contributed by atoms with Crippen LogP contribution in [0, 0.1) is 0 Å². The Morgan fingerprint density at radius 1 is 0.960 bits per heavy atom. The molecule has 5 heteroatoms. The van der Waals surface area contributed by atoms with E-state index in [-0.39, 0.29) is 11.6 Å². The molecule has 25 heavy (non-hydrogen) atoms. The van der Waals surface area contributed by atoms with Crippen molar-refractivity contribution in [1.29, 1.82) is 0 Å². The Balaban J connectivity index is 2.19. The molecule has 0 saturated carbocycles. The molecule has 1 aromatic heterocycles. The zero-order valence-electron chi connectivity index (χ0n) is 15.3. The van der Waals surface area contributed by atoms with Crippen LogP contribution in [0.1, 0.15) is 43.3 Å². The molecule has 0 saturated heterocycles. The van der Waals surface area contributed by atoms with E-state index in [1.807, 2.05) is 16.8 Å². The van der Waals surface area contributed by atoms with Gasteiger partial charge in [-0.15, -0.1) is 5.10 Å². The molecular formula is C20H25N5. The predicted molar refractivity (Wildman–Crippen MR) is 99.3 cm³/mol. The van der Waals surface area contributed by atoms with Gasteiger partial charge in [0.15, 0.2) is 5.82 Å². The maximum atomic E-state index is 4.41. The summed E-state index contributed by atoms with van der Waals surface area (Å²) in [5.41, 5.74) is 2.09. The van der Waals surface area contributed by atoms with E-state index in [9.17, 15) is 0 Å². The highest BCUT2D eigenvalue weighted by Crippen LogP contribution is 2.33. The van der Waals surface area contributed by atoms with Gasteiger partial charge in [-0.25, -0.2) is 4.68 Å². The highest BCUT2D eigenvalue weighted by molar-refractivity contribution is 5.33. The molecule has 2 aromatic carbocycles. The lowest BCUT2D eigenvalue weighted by Crippen LogP contribution is -2.41. The lowest BCUT2D eigenvalue weighted by Gasteiger charge is -2.35. The molecule has 3 aromatic rings. The molecular weight excluding hydrogens is 310 g/mol. The first-order chi connectivity index (χ1) is 12.1. The van der Waals surface area contributed by atoms with Crippen molar-refractivity contribution in [2.24, 2.45) is 0 Å². The molecule has 1 heterocycles. The van der Waals surface area contributed by atoms with Crippen molar-refractivity contribution in [1.82, 2.24) is 25.1 Å². The molecule has 0 aliphatic carbocycles. The lowest BCUT2D eigenvalue weighted by atomic mass is 9.94. The summed E-state index contributed by atoms with van der Waals surface area (Å²) in [7, 11) is 4.14. The van der Waals surface area contributed by atoms with E-state index in [1.54, 1.807) is 0 Å². The van der Waals surface area contributed by atoms with Crippen molar-refractivity contribution in [2.45, 2.75) is 31.8 Å². The van der Waals surface area contributed by atoms with E-state index < -0.39 is 0 Å². The van der Waals surface area contributed by atoms with Gasteiger partial charge >= 0.3 is 0 Å². The first kappa shape index (κ1) is 17.3. The highest BCUT2D eigenvalue weighted by atomic mass is 15.6. The summed E-state index contributed by atoms with van der Waals surface area (Å²) in [6.07, 6.45) is 0.913. The summed E-state index contributed by atoms with van der Waals surface area (Å²) in [6, 6.07) is 20.7. The molecule has 3 rings (SSSR count). The van der Waals surface area contributed by atoms with E-state index in [0.717, 1.165) is 12.2 Å². The minimum Gasteiger partial charge on any atom is -0.297 e. The fourth-order valence-corrected chi connectivity index (χ4v) is 3.14. The summed E-state index contributed by atoms with van der Waals surface area (Å²) in [6.45, 7) is 4.35. The van der Waals surface area contributed by atoms with E-state index in [0.29, 0.717) is 0 Å². The van der Waals surface area contributed by atoms with Gasteiger partial charge in [0.2, 0.25) is 0 Å². The van der Waals surface area contributed by atoms with Gasteiger partial charge in [0.25, 0.3) is 0 Å². The van der Waals surface area contributed by atoms with E-state index in [2.05, 4.69) is 96.9 Å². The molecule has 0 fully saturated rings. The summed E-state index contributed by atoms with van der Waals surface area (Å²) in [5, 5.41) is 12.8. The second-order valence-corrected chi connectivity index (χ2v) is 6.69. The first-order valence-electron chi connectivity index (χ1n) is 8.63. The van der Waals surface area contributed by atoms with Gasteiger partial charge in [0.05, 0.1) is 5.54 Å². The average molecular weight is 335 g/mol. The Kier molecular flexibility index (Phi) is 4.95. The minimum atomic E-state index is -0.245. The summed E-state index contributed by atoms with van der Waals surface area (Å²) in [4.78, 5) is 2.18. The minimum absolute atomic E-state index is 0.0572. The van der Waals surface area contributed by atoms with Crippen LogP contribution >= 0.6 is 0 Å². The van der Waals surface area contributed by atoms with Crippen LogP contribution in [-0.2, 0) is 5.54 Å². The van der Waals surface area contributed by atoms with Crippen molar-refractivity contribution in [2.75, 3.05) is 14.1 Å². The summed E-state index contributed by atoms with van der Waals surface area (Å²) in [5.74, 6) is 0.873. The van der Waals surface area contributed by atoms with E-state index >= 15 is 0 Å². The predicted octanol–water partition coefficient (Wildman–Crippen LogP) is 3.50. The van der Waals surface area contributed by atoms with Gasteiger partial charge in [-0.2, -0.15) is 0 Å². The molecule has 0 aliphatic rings. The normalized spacial score (nSPS) is 14.0. The average Bonchev–Trinajstić information content (AvgIpc) is 3.12. The number of tetrazole rings is 1. The van der Waals surface area contributed by atoms with Gasteiger partial charge in [-0.3, -0.25) is 4.90 Å². The SMILES string of the molecule is CCC(C)(c1nnnn1C(c1ccccc1)c1ccccc1)N(C)C. The molecule has 1 unspecified atom stereocenters. The second-order valence-electron chi connectivity index (χ2n) is 6.69. The maximum Gasteiger partial charge on any atom is 0.172 e. The third kappa shape index (κ3) is 3.20. The Morgan fingerprint density at radius 3 is 1.92 bits per heavy atom. The van der Waals surface area contributed by atoms with Crippen LogP contribution in [0.3, 0.4) is 0 Å². The third-order valence-corrected chi connectivity index (χ3v) is 5.13. The zero-order valence-corrected chi connectivity index (χ0v) is 15.3. The van der Waals surface area contributed by atoms with Crippen LogP contribution in [0.2, 0.25) is 0 Å². The van der Waals surface area contributed by atoms with Crippen LogP contribution in [0.15, 0.2) is 60.7 Å². The molecule has 1 atom stereocenters. The van der Waals surface area contributed by atoms with E-state index in [1.165, 1.54) is 11.1 Å². The Bertz CT molecular complexity index is 758. The third-order valence-electron chi connectivity index (χ3n) is 5.13. The second kappa shape index (κ2) is 7.15. The molecule has 0 radical (unpaired) electrons. The number of nitrogens with zero attached hydrogens (tertiary/aromatic N) is 5. The van der Waals surface area contributed by atoms with Gasteiger partial charge in [-0.1, -0.05) is 67.6 Å². The zero-order chi connectivity index (χ0) is 17.9. The molecule has 130 valence electrons. The molecule has 5 nitrogen and oxygen atoms in total. The standard InChI is InChI=1S/C20H25N5/c1-5-20(2,24(3)4)19-21-22-23-25(19)18(16-12-8-6-9-13-16)17-14-10-7-11-15-17/h6-15,18H,5H2,1-4H3. The smallest absolute Gasteiger partial charge is 0.172 e. The Hall–Kier alpha value is -2.53. The van der Waals surface area contributed by atoms with Crippen molar-refractivity contribution in [3.63, 3.8) is 0 Å². The van der Waals surface area contributed by atoms with Gasteiger partial charge < -0.3 is 0 Å². The lowest BCUT2D eigenvalue weighted by molar-refractivity contribution is 0.148. The number of benzene rings is 2. The monoisotopic (exact) mass is 335 g/mol. The van der Waals surface area contributed by atoms with Crippen LogP contribution in [0.4, 0.5) is 0 Å². The number of aromatic nitrogens is 4. The van der Waals surface area contributed by atoms with Crippen molar-refractivity contribution in [3.05, 3.63) is 77.6 Å². The van der Waals surface area contributed by atoms with Crippen LogP contribution in [-0.4, -0.2) is 39.2 Å². The van der Waals surface area contributed by atoms with Crippen LogP contribution in [0.5, 0.6) is 0 Å². The first-order valence-corrected chi connectivity index (χ1v) is 8.63. The Morgan fingerprint density at radius 2 is 1.48 bits per heavy atom. The fourth-order valence-electron chi connectivity index (χ4n) is 3.14. The van der Waals surface area contributed by atoms with Crippen molar-refractivity contribution < 1.29 is 0 Å². The largest absolute Gasteiger partial charge is 0.297 e. The molecule has 0 spiro atoms. The van der Waals surface area contributed by atoms with Crippen LogP contribution < -0.4 is 0 Å². The molecule has 0 aliphatic heterocycles. The molecule has 0 amide bonds. The maximum absolute atomic E-state index is 4.41.